The molecular weight excluding hydrogens is 365 g/mol. The molecule has 1 aromatic heterocycles. The molecule has 0 aliphatic carbocycles. The van der Waals surface area contributed by atoms with Gasteiger partial charge in [-0.1, -0.05) is 12.1 Å². The third-order valence-corrected chi connectivity index (χ3v) is 3.93. The molecule has 0 aliphatic rings. The van der Waals surface area contributed by atoms with Crippen molar-refractivity contribution in [2.45, 2.75) is 6.92 Å². The van der Waals surface area contributed by atoms with E-state index in [1.807, 2.05) is 0 Å². The molecule has 0 spiro atoms. The van der Waals surface area contributed by atoms with Gasteiger partial charge in [0.15, 0.2) is 17.2 Å². The molecule has 3 rings (SSSR count). The summed E-state index contributed by atoms with van der Waals surface area (Å²) < 4.78 is 19.2. The smallest absolute Gasteiger partial charge is 0.280 e. The van der Waals surface area contributed by atoms with Gasteiger partial charge in [0.2, 0.25) is 0 Å². The average Bonchev–Trinajstić information content (AvgIpc) is 2.68. The summed E-state index contributed by atoms with van der Waals surface area (Å²) in [5.74, 6) is -1.25. The third-order valence-electron chi connectivity index (χ3n) is 3.93. The predicted molar refractivity (Wildman–Crippen MR) is 101 cm³/mol. The number of Topliss-reactive ketones (excluding diaryl/α,β-unsaturated/α-hetero) is 1. The summed E-state index contributed by atoms with van der Waals surface area (Å²) in [6.45, 7) is 1.42. The van der Waals surface area contributed by atoms with Crippen molar-refractivity contribution in [3.8, 4) is 11.4 Å². The number of anilines is 1. The Morgan fingerprint density at radius 1 is 1.11 bits per heavy atom. The summed E-state index contributed by atoms with van der Waals surface area (Å²) in [7, 11) is 1.31. The van der Waals surface area contributed by atoms with Crippen LogP contribution in [-0.2, 0) is 0 Å². The zero-order valence-electron chi connectivity index (χ0n) is 15.1. The Kier molecular flexibility index (Phi) is 5.30. The average molecular weight is 381 g/mol. The molecule has 8 heteroatoms. The molecule has 1 N–H and O–H groups in total. The minimum absolute atomic E-state index is 0.0106. The van der Waals surface area contributed by atoms with E-state index in [-0.39, 0.29) is 17.2 Å². The Hall–Kier alpha value is -3.81. The lowest BCUT2D eigenvalue weighted by molar-refractivity contribution is 0.100. The fraction of sp³-hybridized carbons (Fsp3) is 0.100. The number of nitrogens with zero attached hydrogens (tertiary/aromatic N) is 2. The van der Waals surface area contributed by atoms with Crippen molar-refractivity contribution in [3.63, 3.8) is 0 Å². The predicted octanol–water partition coefficient (Wildman–Crippen LogP) is 2.84. The van der Waals surface area contributed by atoms with Gasteiger partial charge in [-0.3, -0.25) is 14.4 Å². The van der Waals surface area contributed by atoms with Crippen LogP contribution >= 0.6 is 0 Å². The molecule has 0 fully saturated rings. The van der Waals surface area contributed by atoms with E-state index in [1.54, 1.807) is 18.2 Å². The van der Waals surface area contributed by atoms with Gasteiger partial charge in [-0.2, -0.15) is 9.78 Å². The van der Waals surface area contributed by atoms with Crippen LogP contribution in [0.2, 0.25) is 0 Å². The van der Waals surface area contributed by atoms with E-state index < -0.39 is 17.3 Å². The van der Waals surface area contributed by atoms with Crippen LogP contribution in [0, 0.1) is 5.82 Å². The first-order valence-electron chi connectivity index (χ1n) is 8.25. The summed E-state index contributed by atoms with van der Waals surface area (Å²) in [6.07, 6.45) is 0. The second-order valence-corrected chi connectivity index (χ2v) is 5.88. The van der Waals surface area contributed by atoms with E-state index in [1.165, 1.54) is 44.4 Å². The number of amides is 1. The maximum atomic E-state index is 13.1. The number of benzene rings is 2. The topological polar surface area (TPSA) is 90.3 Å². The summed E-state index contributed by atoms with van der Waals surface area (Å²) in [5.41, 5.74) is 0.440. The second-order valence-electron chi connectivity index (χ2n) is 5.88. The Balaban J connectivity index is 2.00. The largest absolute Gasteiger partial charge is 0.494 e. The minimum Gasteiger partial charge on any atom is -0.494 e. The van der Waals surface area contributed by atoms with Gasteiger partial charge in [-0.15, -0.1) is 0 Å². The molecule has 1 heterocycles. The van der Waals surface area contributed by atoms with E-state index >= 15 is 0 Å². The lowest BCUT2D eigenvalue weighted by Gasteiger charge is -2.12. The lowest BCUT2D eigenvalue weighted by atomic mass is 10.1. The number of aromatic nitrogens is 2. The number of nitrogens with one attached hydrogen (secondary N) is 1. The maximum Gasteiger partial charge on any atom is 0.280 e. The highest BCUT2D eigenvalue weighted by atomic mass is 19.1. The van der Waals surface area contributed by atoms with Crippen LogP contribution in [0.1, 0.15) is 27.8 Å². The number of rotatable bonds is 5. The number of carbonyl (C=O) groups is 2. The van der Waals surface area contributed by atoms with E-state index in [2.05, 4.69) is 10.4 Å². The van der Waals surface area contributed by atoms with Crippen molar-refractivity contribution < 1.29 is 18.7 Å². The summed E-state index contributed by atoms with van der Waals surface area (Å²) >= 11 is 0. The Morgan fingerprint density at radius 2 is 1.82 bits per heavy atom. The Bertz CT molecular complexity index is 1110. The Morgan fingerprint density at radius 3 is 2.46 bits per heavy atom. The molecule has 28 heavy (non-hydrogen) atoms. The van der Waals surface area contributed by atoms with Gasteiger partial charge in [-0.25, -0.2) is 4.39 Å². The molecule has 0 radical (unpaired) electrons. The van der Waals surface area contributed by atoms with Crippen LogP contribution in [0.4, 0.5) is 10.1 Å². The zero-order valence-corrected chi connectivity index (χ0v) is 15.1. The molecule has 0 saturated heterocycles. The van der Waals surface area contributed by atoms with Gasteiger partial charge >= 0.3 is 0 Å². The second kappa shape index (κ2) is 7.83. The van der Waals surface area contributed by atoms with Crippen LogP contribution in [0.15, 0.2) is 59.4 Å². The summed E-state index contributed by atoms with van der Waals surface area (Å²) in [6, 6.07) is 12.6. The molecule has 0 saturated carbocycles. The molecule has 0 aliphatic heterocycles. The van der Waals surface area contributed by atoms with Gasteiger partial charge in [0, 0.05) is 11.3 Å². The normalized spacial score (nSPS) is 10.4. The Labute approximate surface area is 159 Å². The molecule has 142 valence electrons. The van der Waals surface area contributed by atoms with Crippen LogP contribution in [-0.4, -0.2) is 28.6 Å². The number of halogens is 1. The molecule has 2 aromatic carbocycles. The number of ether oxygens (including phenoxy) is 1. The number of carbonyl (C=O) groups excluding carboxylic acids is 2. The number of methoxy groups -OCH3 is 1. The SMILES string of the molecule is COc1cc(=O)n(-c2ccc(F)cc2)nc1C(=O)Nc1cccc(C(C)=O)c1. The summed E-state index contributed by atoms with van der Waals surface area (Å²) in [4.78, 5) is 36.5. The highest BCUT2D eigenvalue weighted by Gasteiger charge is 2.18. The van der Waals surface area contributed by atoms with Gasteiger partial charge in [0.25, 0.3) is 11.5 Å². The van der Waals surface area contributed by atoms with Crippen molar-refractivity contribution in [1.29, 1.82) is 0 Å². The quantitative estimate of drug-likeness (QED) is 0.687. The molecule has 7 nitrogen and oxygen atoms in total. The molecule has 0 atom stereocenters. The van der Waals surface area contributed by atoms with E-state index in [9.17, 15) is 18.8 Å². The van der Waals surface area contributed by atoms with Crippen molar-refractivity contribution >= 4 is 17.4 Å². The molecule has 0 unspecified atom stereocenters. The van der Waals surface area contributed by atoms with Gasteiger partial charge in [0.1, 0.15) is 5.82 Å². The first-order chi connectivity index (χ1) is 13.4. The van der Waals surface area contributed by atoms with Crippen molar-refractivity contribution in [2.75, 3.05) is 12.4 Å². The molecule has 3 aromatic rings. The molecule has 1 amide bonds. The standard InChI is InChI=1S/C20H16FN3O4/c1-12(25)13-4-3-5-15(10-13)22-20(27)19-17(28-2)11-18(26)24(23-19)16-8-6-14(21)7-9-16/h3-11H,1-2H3,(H,22,27). The van der Waals surface area contributed by atoms with E-state index in [0.717, 1.165) is 10.7 Å². The number of hydrogen-bond donors (Lipinski definition) is 1. The van der Waals surface area contributed by atoms with Gasteiger partial charge in [0.05, 0.1) is 18.9 Å². The minimum atomic E-state index is -0.631. The van der Waals surface area contributed by atoms with Gasteiger partial charge in [-0.05, 0) is 43.3 Å². The van der Waals surface area contributed by atoms with Crippen molar-refractivity contribution in [2.24, 2.45) is 0 Å². The zero-order chi connectivity index (χ0) is 20.3. The molecule has 0 bridgehead atoms. The van der Waals surface area contributed by atoms with Crippen molar-refractivity contribution in [3.05, 3.63) is 82.0 Å². The van der Waals surface area contributed by atoms with E-state index in [0.29, 0.717) is 16.9 Å². The van der Waals surface area contributed by atoms with E-state index in [4.69, 9.17) is 4.74 Å². The highest BCUT2D eigenvalue weighted by Crippen LogP contribution is 2.18. The third kappa shape index (κ3) is 3.96. The maximum absolute atomic E-state index is 13.1. The summed E-state index contributed by atoms with van der Waals surface area (Å²) in [5, 5.41) is 6.70. The fourth-order valence-electron chi connectivity index (χ4n) is 2.53. The highest BCUT2D eigenvalue weighted by molar-refractivity contribution is 6.05. The lowest BCUT2D eigenvalue weighted by Crippen LogP contribution is -2.26. The van der Waals surface area contributed by atoms with Gasteiger partial charge < -0.3 is 10.1 Å². The fourth-order valence-corrected chi connectivity index (χ4v) is 2.53. The van der Waals surface area contributed by atoms with Crippen LogP contribution < -0.4 is 15.6 Å². The van der Waals surface area contributed by atoms with Crippen LogP contribution in [0.25, 0.3) is 5.69 Å². The first-order valence-corrected chi connectivity index (χ1v) is 8.25. The first kappa shape index (κ1) is 19.0. The van der Waals surface area contributed by atoms with Crippen molar-refractivity contribution in [1.82, 2.24) is 9.78 Å². The monoisotopic (exact) mass is 381 g/mol. The number of hydrogen-bond acceptors (Lipinski definition) is 5. The van der Waals surface area contributed by atoms with Crippen LogP contribution in [0.3, 0.4) is 0 Å². The van der Waals surface area contributed by atoms with Crippen LogP contribution in [0.5, 0.6) is 5.75 Å². The number of ketones is 1. The molecular formula is C20H16FN3O4.